The van der Waals surface area contributed by atoms with Gasteiger partial charge in [-0.3, -0.25) is 0 Å². The molecule has 0 amide bonds. The van der Waals surface area contributed by atoms with E-state index in [9.17, 15) is 4.79 Å². The third-order valence-corrected chi connectivity index (χ3v) is 11.9. The van der Waals surface area contributed by atoms with Crippen molar-refractivity contribution in [2.45, 2.75) is 14.5 Å². The molecule has 0 saturated carbocycles. The molecule has 5 nitrogen and oxygen atoms in total. The van der Waals surface area contributed by atoms with Crippen LogP contribution in [0.2, 0.25) is 0 Å². The van der Waals surface area contributed by atoms with E-state index in [2.05, 4.69) is 16.9 Å². The zero-order chi connectivity index (χ0) is 11.1. The van der Waals surface area contributed by atoms with E-state index in [1.165, 1.54) is 0 Å². The average molecular weight is 442 g/mol. The predicted octanol–water partition coefficient (Wildman–Crippen LogP) is 0.855. The number of carbonyl (C=O) groups is 1. The Hall–Kier alpha value is 0.810. The fraction of sp³-hybridized carbons (Fsp3) is 0.875. The first-order valence-electron chi connectivity index (χ1n) is 4.60. The van der Waals surface area contributed by atoms with Gasteiger partial charge < -0.3 is 0 Å². The van der Waals surface area contributed by atoms with Gasteiger partial charge in [0.25, 0.3) is 0 Å². The molecule has 90 valence electrons. The van der Waals surface area contributed by atoms with Crippen molar-refractivity contribution >= 4 is 46.2 Å². The number of rotatable bonds is 6. The fourth-order valence-electron chi connectivity index (χ4n) is 1.33. The third kappa shape index (κ3) is 2.40. The number of carbonyl (C=O) groups excluding carboxylic acids is 1. The van der Waals surface area contributed by atoms with Gasteiger partial charge in [-0.05, 0) is 0 Å². The van der Waals surface area contributed by atoms with Crippen LogP contribution in [-0.4, -0.2) is 36.8 Å². The van der Waals surface area contributed by atoms with Crippen LogP contribution in [0.5, 0.6) is 0 Å². The van der Waals surface area contributed by atoms with Gasteiger partial charge in [0.15, 0.2) is 0 Å². The van der Waals surface area contributed by atoms with Crippen LogP contribution in [0.1, 0.15) is 6.92 Å². The van der Waals surface area contributed by atoms with E-state index in [-0.39, 0.29) is 20.4 Å². The monoisotopic (exact) mass is 442 g/mol. The van der Waals surface area contributed by atoms with Gasteiger partial charge in [-0.15, -0.1) is 0 Å². The second kappa shape index (κ2) is 4.59. The van der Waals surface area contributed by atoms with Gasteiger partial charge in [-0.1, -0.05) is 0 Å². The molecule has 2 aliphatic rings. The number of fused-ring (bicyclic) bond motifs is 1. The molecule has 2 heterocycles. The molecule has 1 unspecified atom stereocenters. The van der Waals surface area contributed by atoms with Crippen molar-refractivity contribution < 1.29 is 14.3 Å². The van der Waals surface area contributed by atoms with E-state index in [0.717, 1.165) is 0 Å². The number of nitrogens with one attached hydrogen (secondary N) is 2. The summed E-state index contributed by atoms with van der Waals surface area (Å²) in [6, 6.07) is 0. The quantitative estimate of drug-likeness (QED) is 0.0933. The Labute approximate surface area is 105 Å². The molecule has 7 heteroatoms. The summed E-state index contributed by atoms with van der Waals surface area (Å²) in [4.78, 5) is 16.3. The molecule has 0 aromatic rings. The van der Waals surface area contributed by atoms with Gasteiger partial charge in [0, 0.05) is 0 Å². The topological polar surface area (TPSA) is 79.4 Å². The second-order valence-corrected chi connectivity index (χ2v) is 13.7. The van der Waals surface area contributed by atoms with Crippen LogP contribution in [0.25, 0.3) is 0 Å². The number of ether oxygens (including phenoxy) is 2. The summed E-state index contributed by atoms with van der Waals surface area (Å²) in [5.74, 6) is -0.0732. The van der Waals surface area contributed by atoms with Gasteiger partial charge in [-0.25, -0.2) is 0 Å². The van der Waals surface area contributed by atoms with E-state index in [1.807, 2.05) is 6.92 Å². The van der Waals surface area contributed by atoms with Crippen molar-refractivity contribution in [1.82, 2.24) is 7.06 Å². The van der Waals surface area contributed by atoms with E-state index in [4.69, 9.17) is 9.47 Å². The van der Waals surface area contributed by atoms with E-state index in [1.54, 1.807) is 0 Å². The third-order valence-electron chi connectivity index (χ3n) is 2.17. The van der Waals surface area contributed by atoms with Crippen molar-refractivity contribution in [3.63, 3.8) is 0 Å². The Balaban J connectivity index is 1.85. The summed E-state index contributed by atoms with van der Waals surface area (Å²) in [5.41, 5.74) is 0. The van der Waals surface area contributed by atoms with Crippen molar-refractivity contribution in [1.29, 1.82) is 0 Å². The Bertz CT molecular complexity index is 269. The van der Waals surface area contributed by atoms with Crippen LogP contribution in [0, 0.1) is 0 Å². The first-order valence-corrected chi connectivity index (χ1v) is 13.4. The second-order valence-electron chi connectivity index (χ2n) is 3.44. The summed E-state index contributed by atoms with van der Waals surface area (Å²) in [5, 5.41) is 0. The zero-order valence-corrected chi connectivity index (χ0v) is 13.3. The summed E-state index contributed by atoms with van der Waals surface area (Å²) in [6.07, 6.45) is 0. The van der Waals surface area contributed by atoms with Crippen LogP contribution in [0.3, 0.4) is 0 Å². The Kier molecular flexibility index (Phi) is 3.75. The minimum absolute atomic E-state index is 0.0710. The molecular formula is C8H16I2N2O3. The fourth-order valence-corrected chi connectivity index (χ4v) is 14.6. The van der Waals surface area contributed by atoms with E-state index in [0.29, 0.717) is 6.61 Å². The molecule has 0 spiro atoms. The van der Waals surface area contributed by atoms with Gasteiger partial charge in [0.2, 0.25) is 0 Å². The van der Waals surface area contributed by atoms with Gasteiger partial charge in [0.1, 0.15) is 0 Å². The first-order chi connectivity index (χ1) is 7.12. The maximum absolute atomic E-state index is 11.9. The molecule has 0 aliphatic carbocycles. The first kappa shape index (κ1) is 12.3. The van der Waals surface area contributed by atoms with Crippen molar-refractivity contribution in [3.05, 3.63) is 0 Å². The Morgan fingerprint density at radius 1 is 1.53 bits per heavy atom. The number of hydrogen-bond acceptors (Lipinski definition) is 5. The van der Waals surface area contributed by atoms with Crippen LogP contribution in [0.4, 0.5) is 0 Å². The molecule has 2 saturated heterocycles. The van der Waals surface area contributed by atoms with E-state index >= 15 is 0 Å². The molecule has 2 rings (SSSR count). The Morgan fingerprint density at radius 2 is 2.13 bits per heavy atom. The molecule has 2 N–H and O–H groups in total. The van der Waals surface area contributed by atoms with Gasteiger partial charge in [0.05, 0.1) is 0 Å². The van der Waals surface area contributed by atoms with Gasteiger partial charge >= 0.3 is 105 Å². The normalized spacial score (nSPS) is 25.3. The zero-order valence-electron chi connectivity index (χ0n) is 8.97. The molecule has 0 aromatic heterocycles. The molecule has 15 heavy (non-hydrogen) atoms. The van der Waals surface area contributed by atoms with Crippen molar-refractivity contribution in [2.24, 2.45) is 0 Å². The summed E-state index contributed by atoms with van der Waals surface area (Å²) >= 11 is -2.23. The number of esters is 1. The van der Waals surface area contributed by atoms with E-state index < -0.39 is 40.2 Å². The molecule has 2 aliphatic heterocycles. The van der Waals surface area contributed by atoms with Gasteiger partial charge in [-0.2, -0.15) is 0 Å². The van der Waals surface area contributed by atoms with Crippen LogP contribution in [0.15, 0.2) is 0 Å². The molecule has 0 aromatic carbocycles. The average Bonchev–Trinajstić information content (AvgIpc) is 2.93. The van der Waals surface area contributed by atoms with Crippen LogP contribution >= 0.6 is 40.2 Å². The maximum atomic E-state index is 11.9. The summed E-state index contributed by atoms with van der Waals surface area (Å²) in [6.45, 7) is 2.57. The molecule has 1 atom stereocenters. The SMILES string of the molecule is CCOCOC(=O)C(I(C)C)C12NI1N2. The number of halogens is 2. The standard InChI is InChI=1S/C8H16I2N2O3/c1-4-14-5-15-7(13)6(9(2)3)8-10(11-8)12-8/h6,11-12H,4-5H2,1-3H3. The number of hydrogen-bond donors (Lipinski definition) is 2. The van der Waals surface area contributed by atoms with Crippen molar-refractivity contribution in [2.75, 3.05) is 23.3 Å². The molecule has 0 radical (unpaired) electrons. The predicted molar refractivity (Wildman–Crippen MR) is 75.3 cm³/mol. The summed E-state index contributed by atoms with van der Waals surface area (Å²) in [7, 11) is 0. The molecular weight excluding hydrogens is 426 g/mol. The minimum atomic E-state index is -1.20. The summed E-state index contributed by atoms with van der Waals surface area (Å²) < 4.78 is 17.1. The molecule has 0 bridgehead atoms. The van der Waals surface area contributed by atoms with Crippen LogP contribution < -0.4 is 7.06 Å². The Morgan fingerprint density at radius 3 is 2.53 bits per heavy atom. The van der Waals surface area contributed by atoms with Crippen LogP contribution in [-0.2, 0) is 14.3 Å². The number of alkyl halides is 4. The molecule has 2 fully saturated rings. The van der Waals surface area contributed by atoms with Crippen molar-refractivity contribution in [3.8, 4) is 0 Å².